The van der Waals surface area contributed by atoms with Gasteiger partial charge in [-0.15, -0.1) is 0 Å². The van der Waals surface area contributed by atoms with Crippen molar-refractivity contribution in [2.45, 2.75) is 6.92 Å². The Balaban J connectivity index is 3.02. The Morgan fingerprint density at radius 1 is 1.33 bits per heavy atom. The van der Waals surface area contributed by atoms with Gasteiger partial charge >= 0.3 is 0 Å². The van der Waals surface area contributed by atoms with Gasteiger partial charge in [0.25, 0.3) is 0 Å². The second kappa shape index (κ2) is 4.31. The summed E-state index contributed by atoms with van der Waals surface area (Å²) in [4.78, 5) is 10.3. The van der Waals surface area contributed by atoms with Crippen molar-refractivity contribution >= 4 is 27.8 Å². The maximum Gasteiger partial charge on any atom is 0.229 e. The molecule has 0 bridgehead atoms. The van der Waals surface area contributed by atoms with Gasteiger partial charge in [-0.3, -0.25) is 9.52 Å². The summed E-state index contributed by atoms with van der Waals surface area (Å²) in [6, 6.07) is 4.91. The van der Waals surface area contributed by atoms with E-state index in [1.54, 1.807) is 18.2 Å². The standard InChI is InChI=1S/C9H12N2O3S/c1-7-3-4-8(11-15(2,13)14)5-9(7)10-6-12/h3-6,11H,1-2H3,(H,10,12). The minimum absolute atomic E-state index is 0.424. The summed E-state index contributed by atoms with van der Waals surface area (Å²) in [6.07, 6.45) is 1.62. The molecule has 1 amide bonds. The molecular weight excluding hydrogens is 216 g/mol. The van der Waals surface area contributed by atoms with Crippen molar-refractivity contribution in [2.75, 3.05) is 16.3 Å². The lowest BCUT2D eigenvalue weighted by molar-refractivity contribution is -0.105. The smallest absolute Gasteiger partial charge is 0.229 e. The first-order chi connectivity index (χ1) is 6.92. The Morgan fingerprint density at radius 2 is 2.00 bits per heavy atom. The Bertz CT molecular complexity index is 468. The highest BCUT2D eigenvalue weighted by atomic mass is 32.2. The van der Waals surface area contributed by atoms with Crippen molar-refractivity contribution in [3.8, 4) is 0 Å². The fraction of sp³-hybridized carbons (Fsp3) is 0.222. The summed E-state index contributed by atoms with van der Waals surface area (Å²) in [7, 11) is -3.29. The number of amides is 1. The average Bonchev–Trinajstić information content (AvgIpc) is 2.09. The van der Waals surface area contributed by atoms with E-state index in [0.29, 0.717) is 17.8 Å². The molecule has 82 valence electrons. The lowest BCUT2D eigenvalue weighted by Crippen LogP contribution is -2.10. The zero-order valence-corrected chi connectivity index (χ0v) is 9.26. The minimum atomic E-state index is -3.29. The molecule has 0 aliphatic rings. The highest BCUT2D eigenvalue weighted by Gasteiger charge is 2.04. The second-order valence-corrected chi connectivity index (χ2v) is 4.91. The number of anilines is 2. The van der Waals surface area contributed by atoms with Gasteiger partial charge in [-0.2, -0.15) is 0 Å². The van der Waals surface area contributed by atoms with Gasteiger partial charge in [0.1, 0.15) is 0 Å². The fourth-order valence-corrected chi connectivity index (χ4v) is 1.67. The third kappa shape index (κ3) is 3.59. The Kier molecular flexibility index (Phi) is 3.31. The van der Waals surface area contributed by atoms with Crippen molar-refractivity contribution in [2.24, 2.45) is 0 Å². The lowest BCUT2D eigenvalue weighted by atomic mass is 10.2. The van der Waals surface area contributed by atoms with Crippen LogP contribution in [0, 0.1) is 6.92 Å². The van der Waals surface area contributed by atoms with Crippen molar-refractivity contribution < 1.29 is 13.2 Å². The summed E-state index contributed by atoms with van der Waals surface area (Å²) in [6.45, 7) is 1.82. The minimum Gasteiger partial charge on any atom is -0.328 e. The SMILES string of the molecule is Cc1ccc(NS(C)(=O)=O)cc1NC=O. The number of nitrogens with one attached hydrogen (secondary N) is 2. The molecule has 0 saturated carbocycles. The van der Waals surface area contributed by atoms with E-state index in [1.165, 1.54) is 0 Å². The first kappa shape index (κ1) is 11.5. The monoisotopic (exact) mass is 228 g/mol. The van der Waals surface area contributed by atoms with Crippen LogP contribution in [0.25, 0.3) is 0 Å². The van der Waals surface area contributed by atoms with Gasteiger partial charge in [-0.25, -0.2) is 8.42 Å². The molecule has 1 aromatic carbocycles. The van der Waals surface area contributed by atoms with E-state index in [0.717, 1.165) is 11.8 Å². The summed E-state index contributed by atoms with van der Waals surface area (Å²) in [5.41, 5.74) is 1.87. The number of benzene rings is 1. The molecule has 0 fully saturated rings. The summed E-state index contributed by atoms with van der Waals surface area (Å²) in [5.74, 6) is 0. The lowest BCUT2D eigenvalue weighted by Gasteiger charge is -2.08. The molecule has 6 heteroatoms. The van der Waals surface area contributed by atoms with Crippen LogP contribution in [0.3, 0.4) is 0 Å². The molecule has 0 radical (unpaired) electrons. The number of hydrogen-bond acceptors (Lipinski definition) is 3. The topological polar surface area (TPSA) is 75.3 Å². The average molecular weight is 228 g/mol. The molecule has 0 unspecified atom stereocenters. The third-order valence-corrected chi connectivity index (χ3v) is 2.36. The van der Waals surface area contributed by atoms with Crippen molar-refractivity contribution in [3.05, 3.63) is 23.8 Å². The molecule has 0 heterocycles. The first-order valence-electron chi connectivity index (χ1n) is 4.21. The van der Waals surface area contributed by atoms with Crippen molar-refractivity contribution in [3.63, 3.8) is 0 Å². The molecular formula is C9H12N2O3S. The van der Waals surface area contributed by atoms with Crippen LogP contribution >= 0.6 is 0 Å². The molecule has 15 heavy (non-hydrogen) atoms. The van der Waals surface area contributed by atoms with Gasteiger partial charge in [-0.1, -0.05) is 6.07 Å². The van der Waals surface area contributed by atoms with Gasteiger partial charge in [0.2, 0.25) is 16.4 Å². The van der Waals surface area contributed by atoms with Crippen LogP contribution in [0.2, 0.25) is 0 Å². The molecule has 0 atom stereocenters. The maximum absolute atomic E-state index is 11.0. The zero-order chi connectivity index (χ0) is 11.5. The number of carbonyl (C=O) groups is 1. The molecule has 0 saturated heterocycles. The van der Waals surface area contributed by atoms with Crippen molar-refractivity contribution in [1.29, 1.82) is 0 Å². The van der Waals surface area contributed by atoms with Crippen molar-refractivity contribution in [1.82, 2.24) is 0 Å². The largest absolute Gasteiger partial charge is 0.328 e. The van der Waals surface area contributed by atoms with E-state index < -0.39 is 10.0 Å². The van der Waals surface area contributed by atoms with Crippen LogP contribution in [0.15, 0.2) is 18.2 Å². The number of carbonyl (C=O) groups excluding carboxylic acids is 1. The molecule has 1 aromatic rings. The van der Waals surface area contributed by atoms with Crippen LogP contribution in [0.5, 0.6) is 0 Å². The van der Waals surface area contributed by atoms with Gasteiger partial charge in [0.05, 0.1) is 11.9 Å². The summed E-state index contributed by atoms with van der Waals surface area (Å²) in [5, 5.41) is 2.49. The van der Waals surface area contributed by atoms with E-state index in [-0.39, 0.29) is 0 Å². The summed E-state index contributed by atoms with van der Waals surface area (Å²) >= 11 is 0. The molecule has 0 aromatic heterocycles. The normalized spacial score (nSPS) is 10.8. The highest BCUT2D eigenvalue weighted by molar-refractivity contribution is 7.92. The summed E-state index contributed by atoms with van der Waals surface area (Å²) < 4.78 is 24.2. The Labute approximate surface area is 88.5 Å². The van der Waals surface area contributed by atoms with Crippen LogP contribution in [-0.2, 0) is 14.8 Å². The number of sulfonamides is 1. The van der Waals surface area contributed by atoms with Gasteiger partial charge < -0.3 is 5.32 Å². The number of aryl methyl sites for hydroxylation is 1. The van der Waals surface area contributed by atoms with E-state index >= 15 is 0 Å². The molecule has 2 N–H and O–H groups in total. The highest BCUT2D eigenvalue weighted by Crippen LogP contribution is 2.20. The number of rotatable bonds is 4. The molecule has 0 aliphatic heterocycles. The second-order valence-electron chi connectivity index (χ2n) is 3.17. The quantitative estimate of drug-likeness (QED) is 0.753. The van der Waals surface area contributed by atoms with E-state index in [2.05, 4.69) is 10.0 Å². The predicted octanol–water partition coefficient (Wildman–Crippen LogP) is 0.935. The Hall–Kier alpha value is -1.56. The predicted molar refractivity (Wildman–Crippen MR) is 59.3 cm³/mol. The fourth-order valence-electron chi connectivity index (χ4n) is 1.12. The van der Waals surface area contributed by atoms with Crippen LogP contribution in [0.1, 0.15) is 5.56 Å². The van der Waals surface area contributed by atoms with E-state index in [1.807, 2.05) is 6.92 Å². The first-order valence-corrected chi connectivity index (χ1v) is 6.10. The van der Waals surface area contributed by atoms with Gasteiger partial charge in [-0.05, 0) is 24.6 Å². The van der Waals surface area contributed by atoms with Gasteiger partial charge in [0.15, 0.2) is 0 Å². The maximum atomic E-state index is 11.0. The van der Waals surface area contributed by atoms with Gasteiger partial charge in [0, 0.05) is 5.69 Å². The zero-order valence-electron chi connectivity index (χ0n) is 8.44. The van der Waals surface area contributed by atoms with Crippen LogP contribution < -0.4 is 10.0 Å². The molecule has 5 nitrogen and oxygen atoms in total. The third-order valence-electron chi connectivity index (χ3n) is 1.76. The molecule has 0 aliphatic carbocycles. The number of hydrogen-bond donors (Lipinski definition) is 2. The molecule has 0 spiro atoms. The molecule has 1 rings (SSSR count). The van der Waals surface area contributed by atoms with Crippen LogP contribution in [-0.4, -0.2) is 21.1 Å². The van der Waals surface area contributed by atoms with E-state index in [4.69, 9.17) is 0 Å². The van der Waals surface area contributed by atoms with Crippen LogP contribution in [0.4, 0.5) is 11.4 Å². The Morgan fingerprint density at radius 3 is 2.53 bits per heavy atom. The van der Waals surface area contributed by atoms with E-state index in [9.17, 15) is 13.2 Å².